The number of rotatable bonds is 5. The van der Waals surface area contributed by atoms with Crippen LogP contribution in [-0.2, 0) is 6.18 Å². The Morgan fingerprint density at radius 3 is 2.48 bits per heavy atom. The van der Waals surface area contributed by atoms with Gasteiger partial charge in [-0.15, -0.1) is 0 Å². The minimum Gasteiger partial charge on any atom is -0.383 e. The van der Waals surface area contributed by atoms with E-state index in [0.29, 0.717) is 29.4 Å². The summed E-state index contributed by atoms with van der Waals surface area (Å²) in [4.78, 5) is 0. The maximum absolute atomic E-state index is 13.4. The molecule has 2 unspecified atom stereocenters. The highest BCUT2D eigenvalue weighted by atomic mass is 79.9. The van der Waals surface area contributed by atoms with Crippen molar-refractivity contribution < 1.29 is 13.2 Å². The SMILES string of the molecule is Cc1cc(Br)ccc1Nc1c(C)cc(C(F)(F)F)cc1NCC1CCCC(N)C1. The number of aryl methyl sites for hydroxylation is 2. The van der Waals surface area contributed by atoms with Gasteiger partial charge < -0.3 is 16.4 Å². The first-order valence-electron chi connectivity index (χ1n) is 9.88. The van der Waals surface area contributed by atoms with Crippen LogP contribution in [0.3, 0.4) is 0 Å². The van der Waals surface area contributed by atoms with Crippen molar-refractivity contribution in [3.63, 3.8) is 0 Å². The van der Waals surface area contributed by atoms with Gasteiger partial charge in [-0.1, -0.05) is 22.4 Å². The molecule has 3 rings (SSSR count). The average molecular weight is 470 g/mol. The number of hydrogen-bond donors (Lipinski definition) is 3. The van der Waals surface area contributed by atoms with Crippen LogP contribution in [0.15, 0.2) is 34.8 Å². The average Bonchev–Trinajstić information content (AvgIpc) is 2.63. The lowest BCUT2D eigenvalue weighted by Gasteiger charge is -2.28. The lowest BCUT2D eigenvalue weighted by Crippen LogP contribution is -2.31. The zero-order valence-corrected chi connectivity index (χ0v) is 18.3. The molecule has 158 valence electrons. The van der Waals surface area contributed by atoms with Crippen LogP contribution in [0.2, 0.25) is 0 Å². The molecule has 2 atom stereocenters. The molecule has 1 aliphatic carbocycles. The monoisotopic (exact) mass is 469 g/mol. The van der Waals surface area contributed by atoms with Crippen molar-refractivity contribution >= 4 is 33.0 Å². The van der Waals surface area contributed by atoms with E-state index in [1.165, 1.54) is 12.1 Å². The molecule has 0 bridgehead atoms. The standard InChI is InChI=1S/C22H27BrF3N3/c1-13-9-17(23)6-7-19(13)29-21-14(2)8-16(22(24,25)26)11-20(21)28-12-15-4-3-5-18(27)10-15/h6-9,11,15,18,28-29H,3-5,10,12,27H2,1-2H3. The minimum atomic E-state index is -4.39. The first-order valence-corrected chi connectivity index (χ1v) is 10.7. The fourth-order valence-electron chi connectivity index (χ4n) is 3.93. The number of nitrogens with one attached hydrogen (secondary N) is 2. The largest absolute Gasteiger partial charge is 0.416 e. The van der Waals surface area contributed by atoms with E-state index in [9.17, 15) is 13.2 Å². The predicted molar refractivity (Wildman–Crippen MR) is 117 cm³/mol. The lowest BCUT2D eigenvalue weighted by atomic mass is 9.86. The second-order valence-corrected chi connectivity index (χ2v) is 8.89. The van der Waals surface area contributed by atoms with Crippen molar-refractivity contribution in [1.29, 1.82) is 0 Å². The number of anilines is 3. The summed E-state index contributed by atoms with van der Waals surface area (Å²) in [6, 6.07) is 8.37. The third kappa shape index (κ3) is 5.66. The van der Waals surface area contributed by atoms with Crippen LogP contribution >= 0.6 is 15.9 Å². The fraction of sp³-hybridized carbons (Fsp3) is 0.455. The highest BCUT2D eigenvalue weighted by Crippen LogP contribution is 2.38. The van der Waals surface area contributed by atoms with Gasteiger partial charge in [0.05, 0.1) is 16.9 Å². The van der Waals surface area contributed by atoms with Crippen LogP contribution in [0.4, 0.5) is 30.2 Å². The van der Waals surface area contributed by atoms with E-state index in [1.807, 2.05) is 25.1 Å². The van der Waals surface area contributed by atoms with Gasteiger partial charge in [-0.25, -0.2) is 0 Å². The van der Waals surface area contributed by atoms with Crippen LogP contribution in [0.1, 0.15) is 42.4 Å². The van der Waals surface area contributed by atoms with Crippen molar-refractivity contribution in [2.45, 2.75) is 51.7 Å². The third-order valence-electron chi connectivity index (χ3n) is 5.52. The molecule has 0 spiro atoms. The zero-order chi connectivity index (χ0) is 21.2. The third-order valence-corrected chi connectivity index (χ3v) is 6.01. The molecule has 2 aromatic carbocycles. The summed E-state index contributed by atoms with van der Waals surface area (Å²) in [6.45, 7) is 4.28. The van der Waals surface area contributed by atoms with Gasteiger partial charge in [0.15, 0.2) is 0 Å². The normalized spacial score (nSPS) is 19.8. The molecule has 0 radical (unpaired) electrons. The molecule has 4 N–H and O–H groups in total. The Bertz CT molecular complexity index is 867. The van der Waals surface area contributed by atoms with E-state index in [2.05, 4.69) is 26.6 Å². The van der Waals surface area contributed by atoms with Gasteiger partial charge in [-0.3, -0.25) is 0 Å². The van der Waals surface area contributed by atoms with Gasteiger partial charge in [-0.2, -0.15) is 13.2 Å². The van der Waals surface area contributed by atoms with Crippen molar-refractivity contribution in [2.24, 2.45) is 11.7 Å². The molecular formula is C22H27BrF3N3. The molecule has 0 heterocycles. The maximum atomic E-state index is 13.4. The molecule has 3 nitrogen and oxygen atoms in total. The summed E-state index contributed by atoms with van der Waals surface area (Å²) in [7, 11) is 0. The van der Waals surface area contributed by atoms with E-state index >= 15 is 0 Å². The second-order valence-electron chi connectivity index (χ2n) is 7.97. The van der Waals surface area contributed by atoms with Crippen LogP contribution in [0.5, 0.6) is 0 Å². The molecular weight excluding hydrogens is 443 g/mol. The summed E-state index contributed by atoms with van der Waals surface area (Å²) in [5, 5.41) is 6.62. The van der Waals surface area contributed by atoms with E-state index in [4.69, 9.17) is 5.73 Å². The Morgan fingerprint density at radius 1 is 1.07 bits per heavy atom. The molecule has 0 amide bonds. The summed E-state index contributed by atoms with van der Waals surface area (Å²) >= 11 is 3.44. The van der Waals surface area contributed by atoms with Crippen LogP contribution in [0, 0.1) is 19.8 Å². The van der Waals surface area contributed by atoms with Crippen molar-refractivity contribution in [3.8, 4) is 0 Å². The second kappa shape index (κ2) is 8.96. The first kappa shape index (κ1) is 22.0. The van der Waals surface area contributed by atoms with E-state index in [0.717, 1.165) is 41.4 Å². The summed E-state index contributed by atoms with van der Waals surface area (Å²) in [6.07, 6.45) is -0.347. The van der Waals surface area contributed by atoms with Gasteiger partial charge in [-0.05, 0) is 80.5 Å². The molecule has 0 saturated heterocycles. The molecule has 1 fully saturated rings. The van der Waals surface area contributed by atoms with Crippen LogP contribution in [0.25, 0.3) is 0 Å². The molecule has 29 heavy (non-hydrogen) atoms. The topological polar surface area (TPSA) is 50.1 Å². The highest BCUT2D eigenvalue weighted by Gasteiger charge is 2.32. The van der Waals surface area contributed by atoms with Crippen LogP contribution < -0.4 is 16.4 Å². The summed E-state index contributed by atoms with van der Waals surface area (Å²) in [5.74, 6) is 0.371. The van der Waals surface area contributed by atoms with Crippen molar-refractivity contribution in [1.82, 2.24) is 0 Å². The van der Waals surface area contributed by atoms with Crippen LogP contribution in [-0.4, -0.2) is 12.6 Å². The van der Waals surface area contributed by atoms with Gasteiger partial charge >= 0.3 is 6.18 Å². The quantitative estimate of drug-likeness (QED) is 0.453. The molecule has 0 aliphatic heterocycles. The number of alkyl halides is 3. The Hall–Kier alpha value is -1.73. The molecule has 1 aliphatic rings. The molecule has 2 aromatic rings. The molecule has 7 heteroatoms. The van der Waals surface area contributed by atoms with Gasteiger partial charge in [0, 0.05) is 22.7 Å². The maximum Gasteiger partial charge on any atom is 0.416 e. The Kier molecular flexibility index (Phi) is 6.79. The smallest absolute Gasteiger partial charge is 0.383 e. The van der Waals surface area contributed by atoms with Crippen molar-refractivity contribution in [3.05, 3.63) is 51.5 Å². The Balaban J connectivity index is 1.90. The number of benzene rings is 2. The summed E-state index contributed by atoms with van der Waals surface area (Å²) < 4.78 is 41.1. The number of hydrogen-bond acceptors (Lipinski definition) is 3. The molecule has 0 aromatic heterocycles. The Labute approximate surface area is 178 Å². The van der Waals surface area contributed by atoms with Gasteiger partial charge in [0.2, 0.25) is 0 Å². The van der Waals surface area contributed by atoms with E-state index in [-0.39, 0.29) is 6.04 Å². The Morgan fingerprint density at radius 2 is 1.83 bits per heavy atom. The predicted octanol–water partition coefficient (Wildman–Crippen LogP) is 6.76. The highest BCUT2D eigenvalue weighted by molar-refractivity contribution is 9.10. The van der Waals surface area contributed by atoms with Crippen molar-refractivity contribution in [2.75, 3.05) is 17.2 Å². The van der Waals surface area contributed by atoms with E-state index in [1.54, 1.807) is 6.92 Å². The lowest BCUT2D eigenvalue weighted by molar-refractivity contribution is -0.137. The summed E-state index contributed by atoms with van der Waals surface area (Å²) in [5.41, 5.74) is 8.97. The molecule has 1 saturated carbocycles. The first-order chi connectivity index (χ1) is 13.6. The van der Waals surface area contributed by atoms with Gasteiger partial charge in [0.1, 0.15) is 0 Å². The number of nitrogens with two attached hydrogens (primary N) is 1. The van der Waals surface area contributed by atoms with E-state index < -0.39 is 11.7 Å². The zero-order valence-electron chi connectivity index (χ0n) is 16.7. The minimum absolute atomic E-state index is 0.182. The number of halogens is 4. The van der Waals surface area contributed by atoms with Gasteiger partial charge in [0.25, 0.3) is 0 Å². The fourth-order valence-corrected chi connectivity index (χ4v) is 4.41.